The summed E-state index contributed by atoms with van der Waals surface area (Å²) >= 11 is 0. The first-order valence-electron chi connectivity index (χ1n) is 9.53. The summed E-state index contributed by atoms with van der Waals surface area (Å²) in [6, 6.07) is 7.01. The molecule has 1 heterocycles. The topological polar surface area (TPSA) is 92.8 Å². The average molecular weight is 411 g/mol. The van der Waals surface area contributed by atoms with Crippen molar-refractivity contribution in [2.75, 3.05) is 26.2 Å². The summed E-state index contributed by atoms with van der Waals surface area (Å²) in [5.41, 5.74) is 1.04. The van der Waals surface area contributed by atoms with Crippen molar-refractivity contribution >= 4 is 21.9 Å². The Labute approximate surface area is 167 Å². The molecule has 28 heavy (non-hydrogen) atoms. The number of sulfonamides is 1. The van der Waals surface area contributed by atoms with Gasteiger partial charge >= 0.3 is 5.97 Å². The van der Waals surface area contributed by atoms with Gasteiger partial charge in [0, 0.05) is 20.0 Å². The quantitative estimate of drug-likeness (QED) is 0.572. The first-order chi connectivity index (χ1) is 13.0. The maximum Gasteiger partial charge on any atom is 0.309 e. The second-order valence-electron chi connectivity index (χ2n) is 8.10. The number of rotatable bonds is 6. The predicted octanol–water partition coefficient (Wildman–Crippen LogP) is 2.06. The zero-order valence-corrected chi connectivity index (χ0v) is 17.8. The number of benzene rings is 1. The summed E-state index contributed by atoms with van der Waals surface area (Å²) in [5.74, 6) is -0.825. The van der Waals surface area contributed by atoms with Gasteiger partial charge < -0.3 is 10.1 Å². The predicted molar refractivity (Wildman–Crippen MR) is 106 cm³/mol. The molecule has 0 radical (unpaired) electrons. The van der Waals surface area contributed by atoms with Gasteiger partial charge in [0.1, 0.15) is 6.61 Å². The van der Waals surface area contributed by atoms with Crippen LogP contribution >= 0.6 is 0 Å². The SMILES string of the molecule is CC(=O)NCCOC(=O)C1CCN(S(=O)(=O)c2ccc(C(C)(C)C)cc2)CC1. The molecule has 8 heteroatoms. The zero-order chi connectivity index (χ0) is 20.9. The standard InChI is InChI=1S/C20H30N2O5S/c1-15(23)21-11-14-27-19(24)16-9-12-22(13-10-16)28(25,26)18-7-5-17(6-8-18)20(2,3)4/h5-8,16H,9-14H2,1-4H3,(H,21,23). The lowest BCUT2D eigenvalue weighted by Crippen LogP contribution is -2.40. The van der Waals surface area contributed by atoms with E-state index in [9.17, 15) is 18.0 Å². The number of carbonyl (C=O) groups excluding carboxylic acids is 2. The molecule has 0 aliphatic carbocycles. The van der Waals surface area contributed by atoms with Crippen LogP contribution in [0.1, 0.15) is 46.1 Å². The first-order valence-corrected chi connectivity index (χ1v) is 11.0. The van der Waals surface area contributed by atoms with E-state index >= 15 is 0 Å². The van der Waals surface area contributed by atoms with Crippen molar-refractivity contribution in [3.8, 4) is 0 Å². The Morgan fingerprint density at radius 1 is 1.14 bits per heavy atom. The monoisotopic (exact) mass is 410 g/mol. The molecule has 0 aromatic heterocycles. The lowest BCUT2D eigenvalue weighted by Gasteiger charge is -2.30. The lowest BCUT2D eigenvalue weighted by molar-refractivity contribution is -0.150. The Morgan fingerprint density at radius 2 is 1.71 bits per heavy atom. The molecule has 1 aromatic rings. The molecular formula is C20H30N2O5S. The van der Waals surface area contributed by atoms with Gasteiger partial charge in [0.15, 0.2) is 0 Å². The third-order valence-corrected chi connectivity index (χ3v) is 6.78. The summed E-state index contributed by atoms with van der Waals surface area (Å²) in [5, 5.41) is 2.56. The molecular weight excluding hydrogens is 380 g/mol. The van der Waals surface area contributed by atoms with E-state index in [-0.39, 0.29) is 54.3 Å². The number of carbonyl (C=O) groups is 2. The van der Waals surface area contributed by atoms with Crippen LogP contribution < -0.4 is 5.32 Å². The molecule has 0 atom stereocenters. The van der Waals surface area contributed by atoms with Crippen molar-refractivity contribution in [2.45, 2.75) is 50.8 Å². The lowest BCUT2D eigenvalue weighted by atomic mass is 9.87. The highest BCUT2D eigenvalue weighted by molar-refractivity contribution is 7.89. The van der Waals surface area contributed by atoms with E-state index < -0.39 is 10.0 Å². The fraction of sp³-hybridized carbons (Fsp3) is 0.600. The second kappa shape index (κ2) is 9.05. The van der Waals surface area contributed by atoms with Crippen molar-refractivity contribution in [3.63, 3.8) is 0 Å². The van der Waals surface area contributed by atoms with E-state index in [4.69, 9.17) is 4.74 Å². The van der Waals surface area contributed by atoms with E-state index in [0.717, 1.165) is 5.56 Å². The fourth-order valence-electron chi connectivity index (χ4n) is 3.10. The minimum Gasteiger partial charge on any atom is -0.464 e. The molecule has 1 saturated heterocycles. The number of amides is 1. The summed E-state index contributed by atoms with van der Waals surface area (Å²) in [7, 11) is -3.57. The molecule has 1 N–H and O–H groups in total. The minimum atomic E-state index is -3.57. The second-order valence-corrected chi connectivity index (χ2v) is 10.0. The zero-order valence-electron chi connectivity index (χ0n) is 17.0. The number of ether oxygens (including phenoxy) is 1. The molecule has 7 nitrogen and oxygen atoms in total. The Kier molecular flexibility index (Phi) is 7.22. The molecule has 1 aliphatic heterocycles. The fourth-order valence-corrected chi connectivity index (χ4v) is 4.57. The Bertz CT molecular complexity index is 789. The Balaban J connectivity index is 1.91. The molecule has 0 saturated carbocycles. The average Bonchev–Trinajstić information content (AvgIpc) is 2.64. The van der Waals surface area contributed by atoms with Crippen LogP contribution in [0.5, 0.6) is 0 Å². The normalized spacial score (nSPS) is 16.6. The molecule has 1 aromatic carbocycles. The molecule has 1 amide bonds. The van der Waals surface area contributed by atoms with Crippen LogP contribution in [0.25, 0.3) is 0 Å². The summed E-state index contributed by atoms with van der Waals surface area (Å²) in [6.07, 6.45) is 0.858. The van der Waals surface area contributed by atoms with E-state index in [1.165, 1.54) is 11.2 Å². The molecule has 1 fully saturated rings. The van der Waals surface area contributed by atoms with Crippen LogP contribution in [0.4, 0.5) is 0 Å². The van der Waals surface area contributed by atoms with Crippen LogP contribution in [-0.2, 0) is 29.8 Å². The van der Waals surface area contributed by atoms with Crippen LogP contribution in [0.2, 0.25) is 0 Å². The van der Waals surface area contributed by atoms with Crippen molar-refractivity contribution in [3.05, 3.63) is 29.8 Å². The number of hydrogen-bond acceptors (Lipinski definition) is 5. The highest BCUT2D eigenvalue weighted by Crippen LogP contribution is 2.27. The Hall–Kier alpha value is -1.93. The maximum atomic E-state index is 12.9. The molecule has 0 bridgehead atoms. The molecule has 0 unspecified atom stereocenters. The van der Waals surface area contributed by atoms with Crippen LogP contribution in [-0.4, -0.2) is 50.8 Å². The van der Waals surface area contributed by atoms with Crippen molar-refractivity contribution in [1.29, 1.82) is 0 Å². The number of piperidine rings is 1. The molecule has 2 rings (SSSR count). The summed E-state index contributed by atoms with van der Waals surface area (Å²) in [4.78, 5) is 23.2. The van der Waals surface area contributed by atoms with Crippen molar-refractivity contribution in [2.24, 2.45) is 5.92 Å². The molecule has 156 valence electrons. The van der Waals surface area contributed by atoms with E-state index in [0.29, 0.717) is 12.8 Å². The van der Waals surface area contributed by atoms with Gasteiger partial charge in [-0.1, -0.05) is 32.9 Å². The van der Waals surface area contributed by atoms with Gasteiger partial charge in [-0.25, -0.2) is 8.42 Å². The highest BCUT2D eigenvalue weighted by atomic mass is 32.2. The number of hydrogen-bond donors (Lipinski definition) is 1. The summed E-state index contributed by atoms with van der Waals surface area (Å²) in [6.45, 7) is 8.61. The smallest absolute Gasteiger partial charge is 0.309 e. The van der Waals surface area contributed by atoms with Gasteiger partial charge in [0.25, 0.3) is 0 Å². The number of esters is 1. The van der Waals surface area contributed by atoms with E-state index in [1.54, 1.807) is 12.1 Å². The maximum absolute atomic E-state index is 12.9. The van der Waals surface area contributed by atoms with Crippen LogP contribution in [0.15, 0.2) is 29.2 Å². The van der Waals surface area contributed by atoms with Gasteiger partial charge in [-0.15, -0.1) is 0 Å². The van der Waals surface area contributed by atoms with Gasteiger partial charge in [0.05, 0.1) is 17.4 Å². The van der Waals surface area contributed by atoms with Gasteiger partial charge in [-0.05, 0) is 36.0 Å². The van der Waals surface area contributed by atoms with E-state index in [1.807, 2.05) is 12.1 Å². The molecule has 0 spiro atoms. The van der Waals surface area contributed by atoms with Crippen molar-refractivity contribution < 1.29 is 22.7 Å². The number of nitrogens with one attached hydrogen (secondary N) is 1. The van der Waals surface area contributed by atoms with Gasteiger partial charge in [0.2, 0.25) is 15.9 Å². The van der Waals surface area contributed by atoms with Crippen molar-refractivity contribution in [1.82, 2.24) is 9.62 Å². The van der Waals surface area contributed by atoms with Crippen LogP contribution in [0.3, 0.4) is 0 Å². The van der Waals surface area contributed by atoms with Crippen LogP contribution in [0, 0.1) is 5.92 Å². The van der Waals surface area contributed by atoms with Gasteiger partial charge in [-0.3, -0.25) is 9.59 Å². The van der Waals surface area contributed by atoms with Gasteiger partial charge in [-0.2, -0.15) is 4.31 Å². The third kappa shape index (κ3) is 5.78. The number of nitrogens with zero attached hydrogens (tertiary/aromatic N) is 1. The Morgan fingerprint density at radius 3 is 2.21 bits per heavy atom. The molecule has 1 aliphatic rings. The largest absolute Gasteiger partial charge is 0.464 e. The van der Waals surface area contributed by atoms with E-state index in [2.05, 4.69) is 26.1 Å². The minimum absolute atomic E-state index is 0.0407. The third-order valence-electron chi connectivity index (χ3n) is 4.87. The highest BCUT2D eigenvalue weighted by Gasteiger charge is 2.33. The summed E-state index contributed by atoms with van der Waals surface area (Å²) < 4.78 is 32.3. The first kappa shape index (κ1) is 22.4.